The van der Waals surface area contributed by atoms with Crippen LogP contribution in [-0.4, -0.2) is 12.6 Å². The first-order valence-electron chi connectivity index (χ1n) is 9.25. The minimum absolute atomic E-state index is 0.760. The molecule has 0 amide bonds. The number of hydrogen-bond donors (Lipinski definition) is 1. The van der Waals surface area contributed by atoms with Crippen molar-refractivity contribution in [1.82, 2.24) is 5.32 Å². The third kappa shape index (κ3) is 2.90. The van der Waals surface area contributed by atoms with Crippen molar-refractivity contribution >= 4 is 0 Å². The van der Waals surface area contributed by atoms with Crippen LogP contribution in [0.4, 0.5) is 0 Å². The lowest BCUT2D eigenvalue weighted by atomic mass is 9.74. The quantitative estimate of drug-likeness (QED) is 0.837. The molecule has 1 nitrogen and oxygen atoms in total. The fourth-order valence-electron chi connectivity index (χ4n) is 5.03. The summed E-state index contributed by atoms with van der Waals surface area (Å²) < 4.78 is 0. The van der Waals surface area contributed by atoms with Crippen LogP contribution in [0.25, 0.3) is 0 Å². The monoisotopic (exact) mass is 283 g/mol. The summed E-state index contributed by atoms with van der Waals surface area (Å²) in [5, 5.41) is 3.74. The van der Waals surface area contributed by atoms with Gasteiger partial charge in [0.2, 0.25) is 0 Å². The first kappa shape index (κ1) is 13.8. The van der Waals surface area contributed by atoms with Gasteiger partial charge in [0.1, 0.15) is 0 Å². The van der Waals surface area contributed by atoms with Crippen LogP contribution >= 0.6 is 0 Å². The summed E-state index contributed by atoms with van der Waals surface area (Å²) in [6, 6.07) is 8.26. The van der Waals surface area contributed by atoms with E-state index in [2.05, 4.69) is 23.5 Å². The summed E-state index contributed by atoms with van der Waals surface area (Å²) in [6.45, 7) is 1.23. The lowest BCUT2D eigenvalue weighted by Crippen LogP contribution is -2.42. The SMILES string of the molecule is c1cc2c(cc1CC1CCCCC1)CC[C@@H]1NCCCC21. The Bertz CT molecular complexity index is 487. The zero-order valence-corrected chi connectivity index (χ0v) is 13.2. The number of nitrogens with one attached hydrogen (secondary N) is 1. The Morgan fingerprint density at radius 1 is 0.952 bits per heavy atom. The Hall–Kier alpha value is -0.820. The van der Waals surface area contributed by atoms with Gasteiger partial charge < -0.3 is 5.32 Å². The van der Waals surface area contributed by atoms with Crippen LogP contribution in [0.5, 0.6) is 0 Å². The van der Waals surface area contributed by atoms with Gasteiger partial charge >= 0.3 is 0 Å². The molecule has 1 aromatic rings. The molecule has 1 saturated carbocycles. The van der Waals surface area contributed by atoms with Crippen LogP contribution in [-0.2, 0) is 12.8 Å². The molecule has 21 heavy (non-hydrogen) atoms. The number of aryl methyl sites for hydroxylation is 1. The van der Waals surface area contributed by atoms with E-state index in [1.54, 1.807) is 16.7 Å². The Morgan fingerprint density at radius 2 is 1.86 bits per heavy atom. The van der Waals surface area contributed by atoms with Crippen molar-refractivity contribution in [2.45, 2.75) is 76.2 Å². The number of rotatable bonds is 2. The predicted molar refractivity (Wildman–Crippen MR) is 88.8 cm³/mol. The van der Waals surface area contributed by atoms with E-state index >= 15 is 0 Å². The smallest absolute Gasteiger partial charge is 0.0139 e. The summed E-state index contributed by atoms with van der Waals surface area (Å²) in [5.41, 5.74) is 4.96. The maximum Gasteiger partial charge on any atom is 0.0139 e. The van der Waals surface area contributed by atoms with Gasteiger partial charge in [-0.15, -0.1) is 0 Å². The number of benzene rings is 1. The average Bonchev–Trinajstić information content (AvgIpc) is 2.55. The largest absolute Gasteiger partial charge is 0.313 e. The molecule has 0 aromatic heterocycles. The highest BCUT2D eigenvalue weighted by Crippen LogP contribution is 2.38. The van der Waals surface area contributed by atoms with E-state index in [1.165, 1.54) is 70.8 Å². The highest BCUT2D eigenvalue weighted by Gasteiger charge is 2.31. The molecule has 0 radical (unpaired) electrons. The molecule has 1 aliphatic heterocycles. The first-order valence-corrected chi connectivity index (χ1v) is 9.25. The Kier molecular flexibility index (Phi) is 4.03. The summed E-state index contributed by atoms with van der Waals surface area (Å²) in [4.78, 5) is 0. The van der Waals surface area contributed by atoms with Gasteiger partial charge in [0.05, 0.1) is 0 Å². The van der Waals surface area contributed by atoms with Gasteiger partial charge in [-0.05, 0) is 67.2 Å². The lowest BCUT2D eigenvalue weighted by Gasteiger charge is -2.38. The van der Waals surface area contributed by atoms with E-state index in [4.69, 9.17) is 0 Å². The van der Waals surface area contributed by atoms with Crippen LogP contribution in [0.3, 0.4) is 0 Å². The van der Waals surface area contributed by atoms with Gasteiger partial charge in [-0.25, -0.2) is 0 Å². The Labute approximate surface area is 129 Å². The van der Waals surface area contributed by atoms with Crippen molar-refractivity contribution in [1.29, 1.82) is 0 Å². The molecule has 0 spiro atoms. The summed E-state index contributed by atoms with van der Waals surface area (Å²) >= 11 is 0. The van der Waals surface area contributed by atoms with E-state index in [-0.39, 0.29) is 0 Å². The van der Waals surface area contributed by atoms with Gasteiger partial charge in [-0.3, -0.25) is 0 Å². The second kappa shape index (κ2) is 6.12. The Morgan fingerprint density at radius 3 is 2.76 bits per heavy atom. The fraction of sp³-hybridized carbons (Fsp3) is 0.700. The molecular formula is C20H29N. The summed E-state index contributed by atoms with van der Waals surface area (Å²) in [7, 11) is 0. The van der Waals surface area contributed by atoms with Gasteiger partial charge in [-0.2, -0.15) is 0 Å². The minimum Gasteiger partial charge on any atom is -0.313 e. The normalized spacial score (nSPS) is 29.7. The van der Waals surface area contributed by atoms with Crippen LogP contribution in [0.1, 0.15) is 74.0 Å². The lowest BCUT2D eigenvalue weighted by molar-refractivity contribution is 0.319. The average molecular weight is 283 g/mol. The van der Waals surface area contributed by atoms with Gasteiger partial charge in [0, 0.05) is 6.04 Å². The van der Waals surface area contributed by atoms with Crippen LogP contribution < -0.4 is 5.32 Å². The van der Waals surface area contributed by atoms with Gasteiger partial charge in [-0.1, -0.05) is 50.3 Å². The molecule has 1 unspecified atom stereocenters. The number of fused-ring (bicyclic) bond motifs is 3. The Balaban J connectivity index is 1.51. The molecule has 2 aliphatic carbocycles. The molecule has 1 N–H and O–H groups in total. The van der Waals surface area contributed by atoms with Crippen LogP contribution in [0.2, 0.25) is 0 Å². The van der Waals surface area contributed by atoms with E-state index in [9.17, 15) is 0 Å². The topological polar surface area (TPSA) is 12.0 Å². The third-order valence-electron chi connectivity index (χ3n) is 6.16. The zero-order valence-electron chi connectivity index (χ0n) is 13.2. The van der Waals surface area contributed by atoms with Crippen molar-refractivity contribution in [2.75, 3.05) is 6.54 Å². The van der Waals surface area contributed by atoms with Crippen molar-refractivity contribution in [3.05, 3.63) is 34.9 Å². The first-order chi connectivity index (χ1) is 10.4. The highest BCUT2D eigenvalue weighted by atomic mass is 14.9. The van der Waals surface area contributed by atoms with E-state index < -0.39 is 0 Å². The van der Waals surface area contributed by atoms with Crippen molar-refractivity contribution in [3.8, 4) is 0 Å². The molecule has 3 aliphatic rings. The van der Waals surface area contributed by atoms with E-state index in [0.717, 1.165) is 17.9 Å². The number of piperidine rings is 1. The highest BCUT2D eigenvalue weighted by molar-refractivity contribution is 5.38. The molecule has 1 aromatic carbocycles. The minimum atomic E-state index is 0.760. The fourth-order valence-corrected chi connectivity index (χ4v) is 5.03. The second-order valence-corrected chi connectivity index (χ2v) is 7.59. The van der Waals surface area contributed by atoms with Gasteiger partial charge in [0.15, 0.2) is 0 Å². The van der Waals surface area contributed by atoms with Crippen molar-refractivity contribution in [3.63, 3.8) is 0 Å². The summed E-state index contributed by atoms with van der Waals surface area (Å²) in [5.74, 6) is 1.76. The maximum atomic E-state index is 3.74. The second-order valence-electron chi connectivity index (χ2n) is 7.59. The van der Waals surface area contributed by atoms with Crippen molar-refractivity contribution in [2.24, 2.45) is 5.92 Å². The van der Waals surface area contributed by atoms with Crippen molar-refractivity contribution < 1.29 is 0 Å². The van der Waals surface area contributed by atoms with Crippen LogP contribution in [0, 0.1) is 5.92 Å². The molecule has 1 saturated heterocycles. The maximum absolute atomic E-state index is 3.74. The zero-order chi connectivity index (χ0) is 14.1. The van der Waals surface area contributed by atoms with Crippen LogP contribution in [0.15, 0.2) is 18.2 Å². The van der Waals surface area contributed by atoms with E-state index in [1.807, 2.05) is 0 Å². The van der Waals surface area contributed by atoms with Gasteiger partial charge in [0.25, 0.3) is 0 Å². The third-order valence-corrected chi connectivity index (χ3v) is 6.16. The predicted octanol–water partition coefficient (Wildman–Crippen LogP) is 4.59. The van der Waals surface area contributed by atoms with E-state index in [0.29, 0.717) is 0 Å². The molecule has 114 valence electrons. The molecule has 2 atom stereocenters. The standard InChI is InChI=1S/C20H29N/c1-2-5-15(6-3-1)13-16-8-10-18-17(14-16)9-11-20-19(18)7-4-12-21-20/h8,10,14-15,19-21H,1-7,9,11-13H2/t19?,20-/m0/s1. The molecule has 4 rings (SSSR count). The molecule has 0 bridgehead atoms. The number of hydrogen-bond acceptors (Lipinski definition) is 1. The molecule has 1 heteroatoms. The molecular weight excluding hydrogens is 254 g/mol. The molecule has 2 fully saturated rings. The molecule has 1 heterocycles. The summed E-state index contributed by atoms with van der Waals surface area (Å²) in [6.07, 6.45) is 14.0.